The number of hydrogen-bond donors (Lipinski definition) is 2. The number of aliphatic hydroxyl groups is 1. The monoisotopic (exact) mass is 237 g/mol. The van der Waals surface area contributed by atoms with E-state index in [2.05, 4.69) is 4.98 Å². The molecule has 2 rings (SSSR count). The lowest BCUT2D eigenvalue weighted by molar-refractivity contribution is 0.276. The number of hydrogen-bond acceptors (Lipinski definition) is 2. The average molecular weight is 237 g/mol. The smallest absolute Gasteiger partial charge is 0.256 e. The largest absolute Gasteiger partial charge is 0.390 e. The molecular formula is C12H9F2NO2. The molecule has 1 aromatic heterocycles. The zero-order valence-corrected chi connectivity index (χ0v) is 8.71. The van der Waals surface area contributed by atoms with E-state index in [0.717, 1.165) is 6.07 Å². The number of benzene rings is 1. The van der Waals surface area contributed by atoms with Crippen molar-refractivity contribution < 1.29 is 13.9 Å². The van der Waals surface area contributed by atoms with Crippen LogP contribution in [0.15, 0.2) is 35.1 Å². The standard InChI is InChI=1S/C12H9F2NO2/c13-10-3-1-2-8(11(10)14)9-5-4-7(6-16)15-12(9)17/h1-5,16H,6H2,(H,15,17). The minimum absolute atomic E-state index is 0.0270. The number of halogens is 2. The summed E-state index contributed by atoms with van der Waals surface area (Å²) in [6.45, 7) is -0.318. The number of rotatable bonds is 2. The lowest BCUT2D eigenvalue weighted by atomic mass is 10.1. The van der Waals surface area contributed by atoms with Crippen molar-refractivity contribution in [2.45, 2.75) is 6.61 Å². The summed E-state index contributed by atoms with van der Waals surface area (Å²) < 4.78 is 26.5. The minimum atomic E-state index is -1.06. The van der Waals surface area contributed by atoms with Crippen molar-refractivity contribution in [3.05, 3.63) is 58.0 Å². The molecule has 1 heterocycles. The van der Waals surface area contributed by atoms with Crippen LogP contribution in [0.1, 0.15) is 5.69 Å². The Labute approximate surface area is 95.4 Å². The summed E-state index contributed by atoms with van der Waals surface area (Å²) in [6, 6.07) is 6.42. The fourth-order valence-electron chi connectivity index (χ4n) is 1.53. The van der Waals surface area contributed by atoms with Crippen LogP contribution in [0.5, 0.6) is 0 Å². The van der Waals surface area contributed by atoms with Gasteiger partial charge in [0.1, 0.15) is 0 Å². The number of nitrogens with one attached hydrogen (secondary N) is 1. The Morgan fingerprint density at radius 3 is 2.53 bits per heavy atom. The van der Waals surface area contributed by atoms with Gasteiger partial charge in [-0.25, -0.2) is 8.78 Å². The second-order valence-corrected chi connectivity index (χ2v) is 3.49. The van der Waals surface area contributed by atoms with Gasteiger partial charge in [0.05, 0.1) is 12.2 Å². The predicted octanol–water partition coefficient (Wildman–Crippen LogP) is 1.81. The van der Waals surface area contributed by atoms with Crippen LogP contribution in [0.3, 0.4) is 0 Å². The van der Waals surface area contributed by atoms with Crippen LogP contribution in [0, 0.1) is 11.6 Å². The van der Waals surface area contributed by atoms with E-state index >= 15 is 0 Å². The molecule has 0 aliphatic rings. The molecule has 2 N–H and O–H groups in total. The molecule has 0 saturated heterocycles. The van der Waals surface area contributed by atoms with Gasteiger partial charge in [-0.15, -0.1) is 0 Å². The Kier molecular flexibility index (Phi) is 3.01. The van der Waals surface area contributed by atoms with E-state index in [0.29, 0.717) is 5.69 Å². The third-order valence-electron chi connectivity index (χ3n) is 2.38. The van der Waals surface area contributed by atoms with E-state index in [1.54, 1.807) is 0 Å². The normalized spacial score (nSPS) is 10.5. The van der Waals surface area contributed by atoms with Gasteiger partial charge in [0, 0.05) is 11.3 Å². The molecule has 0 spiro atoms. The topological polar surface area (TPSA) is 53.1 Å². The van der Waals surface area contributed by atoms with Crippen molar-refractivity contribution in [1.29, 1.82) is 0 Å². The first-order chi connectivity index (χ1) is 8.13. The van der Waals surface area contributed by atoms with E-state index in [1.807, 2.05) is 0 Å². The molecule has 0 aliphatic heterocycles. The van der Waals surface area contributed by atoms with Gasteiger partial charge in [0.15, 0.2) is 11.6 Å². The third kappa shape index (κ3) is 2.09. The number of pyridine rings is 1. The molecule has 0 atom stereocenters. The molecule has 1 aromatic carbocycles. The predicted molar refractivity (Wildman–Crippen MR) is 58.3 cm³/mol. The van der Waals surface area contributed by atoms with Gasteiger partial charge in [0.25, 0.3) is 5.56 Å². The molecule has 5 heteroatoms. The van der Waals surface area contributed by atoms with Crippen LogP contribution in [0.25, 0.3) is 11.1 Å². The fraction of sp³-hybridized carbons (Fsp3) is 0.0833. The fourth-order valence-corrected chi connectivity index (χ4v) is 1.53. The number of aromatic amines is 1. The summed E-state index contributed by atoms with van der Waals surface area (Å²) in [5, 5.41) is 8.82. The Hall–Kier alpha value is -2.01. The Balaban J connectivity index is 2.61. The summed E-state index contributed by atoms with van der Waals surface area (Å²) in [6.07, 6.45) is 0. The summed E-state index contributed by atoms with van der Waals surface area (Å²) in [5.41, 5.74) is -0.327. The zero-order chi connectivity index (χ0) is 12.4. The molecule has 88 valence electrons. The molecule has 0 radical (unpaired) electrons. The first-order valence-electron chi connectivity index (χ1n) is 4.91. The lowest BCUT2D eigenvalue weighted by Gasteiger charge is -2.04. The maximum absolute atomic E-state index is 13.5. The molecule has 0 amide bonds. The van der Waals surface area contributed by atoms with Crippen LogP contribution in [-0.2, 0) is 6.61 Å². The van der Waals surface area contributed by atoms with Gasteiger partial charge < -0.3 is 10.1 Å². The molecule has 17 heavy (non-hydrogen) atoms. The van der Waals surface area contributed by atoms with Gasteiger partial charge >= 0.3 is 0 Å². The highest BCUT2D eigenvalue weighted by atomic mass is 19.2. The first kappa shape index (κ1) is 11.5. The SMILES string of the molecule is O=c1[nH]c(CO)ccc1-c1cccc(F)c1F. The minimum Gasteiger partial charge on any atom is -0.390 e. The molecular weight excluding hydrogens is 228 g/mol. The van der Waals surface area contributed by atoms with E-state index in [4.69, 9.17) is 5.11 Å². The molecule has 0 aliphatic carbocycles. The number of aliphatic hydroxyl groups excluding tert-OH is 1. The van der Waals surface area contributed by atoms with Crippen LogP contribution < -0.4 is 5.56 Å². The highest BCUT2D eigenvalue weighted by molar-refractivity contribution is 5.63. The van der Waals surface area contributed by atoms with E-state index in [9.17, 15) is 13.6 Å². The van der Waals surface area contributed by atoms with Crippen molar-refractivity contribution >= 4 is 0 Å². The third-order valence-corrected chi connectivity index (χ3v) is 2.38. The molecule has 3 nitrogen and oxygen atoms in total. The van der Waals surface area contributed by atoms with Gasteiger partial charge in [-0.05, 0) is 18.2 Å². The summed E-state index contributed by atoms with van der Waals surface area (Å²) in [5.74, 6) is -2.07. The Bertz CT molecular complexity index is 608. The van der Waals surface area contributed by atoms with Crippen LogP contribution in [0.4, 0.5) is 8.78 Å². The molecule has 0 fully saturated rings. The van der Waals surface area contributed by atoms with Crippen molar-refractivity contribution in [3.8, 4) is 11.1 Å². The van der Waals surface area contributed by atoms with Crippen molar-refractivity contribution in [2.75, 3.05) is 0 Å². The lowest BCUT2D eigenvalue weighted by Crippen LogP contribution is -2.12. The highest BCUT2D eigenvalue weighted by Crippen LogP contribution is 2.21. The highest BCUT2D eigenvalue weighted by Gasteiger charge is 2.12. The number of H-pyrrole nitrogens is 1. The van der Waals surface area contributed by atoms with Crippen molar-refractivity contribution in [3.63, 3.8) is 0 Å². The molecule has 0 unspecified atom stereocenters. The van der Waals surface area contributed by atoms with Crippen molar-refractivity contribution in [2.24, 2.45) is 0 Å². The van der Waals surface area contributed by atoms with Gasteiger partial charge in [0.2, 0.25) is 0 Å². The first-order valence-corrected chi connectivity index (χ1v) is 4.91. The zero-order valence-electron chi connectivity index (χ0n) is 8.71. The van der Waals surface area contributed by atoms with Gasteiger partial charge in [-0.3, -0.25) is 4.79 Å². The summed E-state index contributed by atoms with van der Waals surface area (Å²) >= 11 is 0. The van der Waals surface area contributed by atoms with E-state index < -0.39 is 17.2 Å². The second-order valence-electron chi connectivity index (χ2n) is 3.49. The van der Waals surface area contributed by atoms with Crippen LogP contribution >= 0.6 is 0 Å². The van der Waals surface area contributed by atoms with Gasteiger partial charge in [-0.1, -0.05) is 12.1 Å². The Morgan fingerprint density at radius 1 is 1.12 bits per heavy atom. The van der Waals surface area contributed by atoms with Crippen LogP contribution in [-0.4, -0.2) is 10.1 Å². The maximum atomic E-state index is 13.5. The summed E-state index contributed by atoms with van der Waals surface area (Å²) in [7, 11) is 0. The molecule has 0 bridgehead atoms. The maximum Gasteiger partial charge on any atom is 0.256 e. The second kappa shape index (κ2) is 4.47. The quantitative estimate of drug-likeness (QED) is 0.837. The van der Waals surface area contributed by atoms with Crippen LogP contribution in [0.2, 0.25) is 0 Å². The average Bonchev–Trinajstić information content (AvgIpc) is 2.33. The number of aromatic nitrogens is 1. The van der Waals surface area contributed by atoms with Crippen molar-refractivity contribution in [1.82, 2.24) is 4.98 Å². The van der Waals surface area contributed by atoms with Gasteiger partial charge in [-0.2, -0.15) is 0 Å². The Morgan fingerprint density at radius 2 is 1.88 bits per heavy atom. The summed E-state index contributed by atoms with van der Waals surface area (Å²) in [4.78, 5) is 14.0. The van der Waals surface area contributed by atoms with E-state index in [-0.39, 0.29) is 17.7 Å². The molecule has 0 saturated carbocycles. The van der Waals surface area contributed by atoms with E-state index in [1.165, 1.54) is 24.3 Å². The molecule has 2 aromatic rings.